The van der Waals surface area contributed by atoms with Gasteiger partial charge in [0.2, 0.25) is 5.91 Å². The molecule has 4 heteroatoms. The molecule has 1 atom stereocenters. The van der Waals surface area contributed by atoms with Crippen LogP contribution < -0.4 is 5.32 Å². The first-order chi connectivity index (χ1) is 6.77. The van der Waals surface area contributed by atoms with E-state index in [0.717, 1.165) is 45.3 Å². The minimum Gasteiger partial charge on any atom is -0.393 e. The van der Waals surface area contributed by atoms with Gasteiger partial charge in [-0.3, -0.25) is 9.69 Å². The number of rotatable bonds is 1. The van der Waals surface area contributed by atoms with E-state index in [1.807, 2.05) is 0 Å². The predicted molar refractivity (Wildman–Crippen MR) is 52.8 cm³/mol. The van der Waals surface area contributed by atoms with Crippen molar-refractivity contribution < 1.29 is 9.90 Å². The van der Waals surface area contributed by atoms with Crippen LogP contribution in [0.5, 0.6) is 0 Å². The Bertz CT molecular complexity index is 212. The minimum atomic E-state index is -0.155. The lowest BCUT2D eigenvalue weighted by Gasteiger charge is -2.37. The van der Waals surface area contributed by atoms with Crippen molar-refractivity contribution in [2.45, 2.75) is 37.8 Å². The molecule has 0 radical (unpaired) electrons. The van der Waals surface area contributed by atoms with Crippen molar-refractivity contribution in [2.75, 3.05) is 19.6 Å². The molecule has 2 saturated heterocycles. The fourth-order valence-electron chi connectivity index (χ4n) is 2.30. The highest BCUT2D eigenvalue weighted by molar-refractivity contribution is 5.82. The van der Waals surface area contributed by atoms with E-state index in [-0.39, 0.29) is 18.1 Å². The first-order valence-electron chi connectivity index (χ1n) is 5.47. The second-order valence-electron chi connectivity index (χ2n) is 4.22. The van der Waals surface area contributed by atoms with Gasteiger partial charge in [0.25, 0.3) is 0 Å². The number of hydrogen-bond acceptors (Lipinski definition) is 3. The minimum absolute atomic E-state index is 0.0660. The van der Waals surface area contributed by atoms with Gasteiger partial charge in [0.05, 0.1) is 12.1 Å². The van der Waals surface area contributed by atoms with Gasteiger partial charge in [-0.05, 0) is 25.7 Å². The van der Waals surface area contributed by atoms with Gasteiger partial charge in [0.1, 0.15) is 0 Å². The summed E-state index contributed by atoms with van der Waals surface area (Å²) in [6.07, 6.45) is 3.52. The number of nitrogens with zero attached hydrogens (tertiary/aromatic N) is 1. The fraction of sp³-hybridized carbons (Fsp3) is 0.900. The molecule has 2 rings (SSSR count). The maximum atomic E-state index is 11.6. The lowest BCUT2D eigenvalue weighted by atomic mass is 10.0. The van der Waals surface area contributed by atoms with Crippen molar-refractivity contribution in [3.8, 4) is 0 Å². The fourth-order valence-corrected chi connectivity index (χ4v) is 2.30. The Morgan fingerprint density at radius 1 is 1.29 bits per heavy atom. The van der Waals surface area contributed by atoms with E-state index in [1.165, 1.54) is 0 Å². The number of aliphatic hydroxyl groups excluding tert-OH is 1. The number of carbonyl (C=O) groups is 1. The molecule has 0 spiro atoms. The van der Waals surface area contributed by atoms with E-state index in [2.05, 4.69) is 10.2 Å². The molecule has 0 saturated carbocycles. The molecule has 2 fully saturated rings. The van der Waals surface area contributed by atoms with Gasteiger partial charge in [0.15, 0.2) is 0 Å². The van der Waals surface area contributed by atoms with E-state index in [0.29, 0.717) is 0 Å². The van der Waals surface area contributed by atoms with Crippen LogP contribution in [0.25, 0.3) is 0 Å². The summed E-state index contributed by atoms with van der Waals surface area (Å²) in [6.45, 7) is 2.55. The monoisotopic (exact) mass is 198 g/mol. The zero-order chi connectivity index (χ0) is 9.97. The van der Waals surface area contributed by atoms with Crippen LogP contribution in [0.1, 0.15) is 25.7 Å². The molecule has 2 N–H and O–H groups in total. The van der Waals surface area contributed by atoms with E-state index in [4.69, 9.17) is 0 Å². The summed E-state index contributed by atoms with van der Waals surface area (Å²) in [5, 5.41) is 12.3. The Morgan fingerprint density at radius 2 is 2.00 bits per heavy atom. The number of amides is 1. The zero-order valence-electron chi connectivity index (χ0n) is 8.41. The van der Waals surface area contributed by atoms with Crippen LogP contribution in [0.2, 0.25) is 0 Å². The van der Waals surface area contributed by atoms with Crippen molar-refractivity contribution in [1.29, 1.82) is 0 Å². The van der Waals surface area contributed by atoms with E-state index in [9.17, 15) is 9.90 Å². The largest absolute Gasteiger partial charge is 0.393 e. The molecule has 4 nitrogen and oxygen atoms in total. The van der Waals surface area contributed by atoms with Gasteiger partial charge in [0, 0.05) is 19.6 Å². The van der Waals surface area contributed by atoms with Gasteiger partial charge in [-0.2, -0.15) is 0 Å². The smallest absolute Gasteiger partial charge is 0.237 e. The third-order valence-electron chi connectivity index (χ3n) is 3.20. The number of likely N-dealkylation sites (tertiary alicyclic amines) is 1. The first kappa shape index (κ1) is 9.93. The van der Waals surface area contributed by atoms with Gasteiger partial charge in [-0.1, -0.05) is 0 Å². The Balaban J connectivity index is 1.90. The van der Waals surface area contributed by atoms with Crippen LogP contribution in [-0.2, 0) is 4.79 Å². The SMILES string of the molecule is O=C1NCCC[C@@H]1N1CCC(O)CC1. The van der Waals surface area contributed by atoms with Crippen LogP contribution in [0.3, 0.4) is 0 Å². The molecular weight excluding hydrogens is 180 g/mol. The zero-order valence-corrected chi connectivity index (χ0v) is 8.41. The van der Waals surface area contributed by atoms with Crippen LogP contribution in [0.15, 0.2) is 0 Å². The lowest BCUT2D eigenvalue weighted by molar-refractivity contribution is -0.129. The molecule has 0 aliphatic carbocycles. The third-order valence-corrected chi connectivity index (χ3v) is 3.20. The standard InChI is InChI=1S/C10H18N2O2/c13-8-3-6-12(7-4-8)9-2-1-5-11-10(9)14/h8-9,13H,1-7H2,(H,11,14)/t9-/m0/s1. The summed E-state index contributed by atoms with van der Waals surface area (Å²) in [5.41, 5.74) is 0. The normalized spacial score (nSPS) is 31.5. The number of carbonyl (C=O) groups excluding carboxylic acids is 1. The van der Waals surface area contributed by atoms with E-state index < -0.39 is 0 Å². The Morgan fingerprint density at radius 3 is 2.64 bits per heavy atom. The van der Waals surface area contributed by atoms with Gasteiger partial charge in [-0.25, -0.2) is 0 Å². The Hall–Kier alpha value is -0.610. The number of hydrogen-bond donors (Lipinski definition) is 2. The predicted octanol–water partition coefficient (Wildman–Crippen LogP) is -0.278. The molecule has 1 amide bonds. The molecule has 2 heterocycles. The topological polar surface area (TPSA) is 52.6 Å². The van der Waals surface area contributed by atoms with Gasteiger partial charge in [-0.15, -0.1) is 0 Å². The molecule has 14 heavy (non-hydrogen) atoms. The Labute approximate surface area is 84.3 Å². The molecule has 80 valence electrons. The molecule has 0 unspecified atom stereocenters. The highest BCUT2D eigenvalue weighted by Crippen LogP contribution is 2.17. The molecule has 0 aromatic heterocycles. The summed E-state index contributed by atoms with van der Waals surface area (Å²) >= 11 is 0. The van der Waals surface area contributed by atoms with E-state index >= 15 is 0 Å². The van der Waals surface area contributed by atoms with Crippen molar-refractivity contribution in [3.63, 3.8) is 0 Å². The summed E-state index contributed by atoms with van der Waals surface area (Å²) in [5.74, 6) is 0.174. The number of piperidine rings is 2. The quantitative estimate of drug-likeness (QED) is 0.609. The summed E-state index contributed by atoms with van der Waals surface area (Å²) in [7, 11) is 0. The maximum Gasteiger partial charge on any atom is 0.237 e. The highest BCUT2D eigenvalue weighted by atomic mass is 16.3. The molecule has 2 aliphatic rings. The molecule has 2 aliphatic heterocycles. The van der Waals surface area contributed by atoms with Crippen molar-refractivity contribution in [3.05, 3.63) is 0 Å². The summed E-state index contributed by atoms with van der Waals surface area (Å²) < 4.78 is 0. The molecule has 0 bridgehead atoms. The van der Waals surface area contributed by atoms with Crippen molar-refractivity contribution >= 4 is 5.91 Å². The van der Waals surface area contributed by atoms with Crippen LogP contribution >= 0.6 is 0 Å². The molecule has 0 aromatic carbocycles. The lowest BCUT2D eigenvalue weighted by Crippen LogP contribution is -2.53. The van der Waals surface area contributed by atoms with Gasteiger partial charge >= 0.3 is 0 Å². The molecular formula is C10H18N2O2. The first-order valence-corrected chi connectivity index (χ1v) is 5.47. The van der Waals surface area contributed by atoms with Crippen LogP contribution in [0, 0.1) is 0 Å². The number of nitrogens with one attached hydrogen (secondary N) is 1. The van der Waals surface area contributed by atoms with Crippen LogP contribution in [0.4, 0.5) is 0 Å². The highest BCUT2D eigenvalue weighted by Gasteiger charge is 2.30. The van der Waals surface area contributed by atoms with Crippen molar-refractivity contribution in [2.24, 2.45) is 0 Å². The maximum absolute atomic E-state index is 11.6. The van der Waals surface area contributed by atoms with Crippen molar-refractivity contribution in [1.82, 2.24) is 10.2 Å². The third kappa shape index (κ3) is 2.07. The second-order valence-corrected chi connectivity index (χ2v) is 4.22. The summed E-state index contributed by atoms with van der Waals surface area (Å²) in [6, 6.07) is 0.0660. The van der Waals surface area contributed by atoms with Gasteiger partial charge < -0.3 is 10.4 Å². The Kier molecular flexibility index (Phi) is 3.03. The number of aliphatic hydroxyl groups is 1. The van der Waals surface area contributed by atoms with Crippen LogP contribution in [-0.4, -0.2) is 47.7 Å². The second kappa shape index (κ2) is 4.28. The molecule has 0 aromatic rings. The summed E-state index contributed by atoms with van der Waals surface area (Å²) in [4.78, 5) is 13.8. The average Bonchev–Trinajstić information content (AvgIpc) is 2.20. The van der Waals surface area contributed by atoms with E-state index in [1.54, 1.807) is 0 Å². The average molecular weight is 198 g/mol.